The lowest BCUT2D eigenvalue weighted by Crippen LogP contribution is -2.39. The highest BCUT2D eigenvalue weighted by molar-refractivity contribution is 5.79. The lowest BCUT2D eigenvalue weighted by atomic mass is 10.0. The summed E-state index contributed by atoms with van der Waals surface area (Å²) in [4.78, 5) is 11.8. The third-order valence-electron chi connectivity index (χ3n) is 5.42. The third kappa shape index (κ3) is 6.89. The molecule has 1 aliphatic heterocycles. The fourth-order valence-corrected chi connectivity index (χ4v) is 3.73. The summed E-state index contributed by atoms with van der Waals surface area (Å²) in [6.07, 6.45) is 8.16. The van der Waals surface area contributed by atoms with Gasteiger partial charge in [-0.3, -0.25) is 0 Å². The van der Waals surface area contributed by atoms with E-state index >= 15 is 0 Å². The number of rotatable bonds is 9. The Morgan fingerprint density at radius 1 is 1.21 bits per heavy atom. The minimum Gasteiger partial charge on any atom is -0.444 e. The van der Waals surface area contributed by atoms with Gasteiger partial charge in [0.25, 0.3) is 0 Å². The van der Waals surface area contributed by atoms with Crippen LogP contribution in [0.4, 0.5) is 0 Å². The van der Waals surface area contributed by atoms with E-state index in [1.54, 1.807) is 6.26 Å². The number of likely N-dealkylation sites (tertiary alicyclic amines) is 1. The van der Waals surface area contributed by atoms with Crippen LogP contribution >= 0.6 is 0 Å². The number of nitrogens with one attached hydrogen (secondary N) is 2. The van der Waals surface area contributed by atoms with Crippen molar-refractivity contribution in [1.82, 2.24) is 20.5 Å². The molecule has 0 spiro atoms. The van der Waals surface area contributed by atoms with Crippen molar-refractivity contribution in [2.24, 2.45) is 4.99 Å². The van der Waals surface area contributed by atoms with E-state index < -0.39 is 0 Å². The smallest absolute Gasteiger partial charge is 0.226 e. The Hall–Kier alpha value is -2.34. The molecule has 6 nitrogen and oxygen atoms in total. The zero-order chi connectivity index (χ0) is 20.3. The predicted octanol–water partition coefficient (Wildman–Crippen LogP) is 4.05. The number of benzene rings is 1. The van der Waals surface area contributed by atoms with Crippen molar-refractivity contribution in [3.8, 4) is 11.5 Å². The maximum Gasteiger partial charge on any atom is 0.226 e. The summed E-state index contributed by atoms with van der Waals surface area (Å²) >= 11 is 0. The van der Waals surface area contributed by atoms with E-state index in [9.17, 15) is 0 Å². The molecule has 0 bridgehead atoms. The maximum absolute atomic E-state index is 5.60. The third-order valence-corrected chi connectivity index (χ3v) is 5.42. The summed E-state index contributed by atoms with van der Waals surface area (Å²) in [6, 6.07) is 10.7. The molecule has 1 aromatic heterocycles. The average molecular weight is 398 g/mol. The van der Waals surface area contributed by atoms with E-state index in [1.807, 2.05) is 30.3 Å². The molecule has 2 heterocycles. The number of oxazole rings is 1. The Morgan fingerprint density at radius 2 is 2.07 bits per heavy atom. The highest BCUT2D eigenvalue weighted by atomic mass is 16.3. The monoisotopic (exact) mass is 397 g/mol. The largest absolute Gasteiger partial charge is 0.444 e. The topological polar surface area (TPSA) is 65.7 Å². The van der Waals surface area contributed by atoms with E-state index in [4.69, 9.17) is 4.42 Å². The summed E-state index contributed by atoms with van der Waals surface area (Å²) in [5.41, 5.74) is 1.82. The van der Waals surface area contributed by atoms with Crippen molar-refractivity contribution in [3.63, 3.8) is 0 Å². The van der Waals surface area contributed by atoms with E-state index in [2.05, 4.69) is 39.4 Å². The van der Waals surface area contributed by atoms with Gasteiger partial charge in [0, 0.05) is 24.7 Å². The van der Waals surface area contributed by atoms with Crippen molar-refractivity contribution in [2.75, 3.05) is 26.2 Å². The number of guanidine groups is 1. The maximum atomic E-state index is 5.60. The van der Waals surface area contributed by atoms with Crippen LogP contribution < -0.4 is 10.6 Å². The second-order valence-electron chi connectivity index (χ2n) is 7.72. The fraction of sp³-hybridized carbons (Fsp3) is 0.565. The predicted molar refractivity (Wildman–Crippen MR) is 119 cm³/mol. The molecule has 1 fully saturated rings. The zero-order valence-electron chi connectivity index (χ0n) is 17.9. The number of hydrogen-bond donors (Lipinski definition) is 2. The summed E-state index contributed by atoms with van der Waals surface area (Å²) in [5.74, 6) is 1.48. The minimum absolute atomic E-state index is 0.497. The van der Waals surface area contributed by atoms with E-state index in [0.29, 0.717) is 12.4 Å². The molecule has 0 amide bonds. The molecule has 0 saturated carbocycles. The molecule has 29 heavy (non-hydrogen) atoms. The van der Waals surface area contributed by atoms with Crippen LogP contribution in [0.1, 0.15) is 51.6 Å². The number of hydrogen-bond acceptors (Lipinski definition) is 4. The van der Waals surface area contributed by atoms with Crippen LogP contribution in [0.5, 0.6) is 0 Å². The highest BCUT2D eigenvalue weighted by Gasteiger charge is 2.17. The van der Waals surface area contributed by atoms with Gasteiger partial charge in [-0.2, -0.15) is 0 Å². The van der Waals surface area contributed by atoms with Crippen LogP contribution in [0.3, 0.4) is 0 Å². The molecule has 2 aromatic rings. The first kappa shape index (κ1) is 21.4. The Kier molecular flexibility index (Phi) is 8.56. The normalized spacial score (nSPS) is 18.0. The van der Waals surface area contributed by atoms with E-state index in [1.165, 1.54) is 38.8 Å². The van der Waals surface area contributed by atoms with Gasteiger partial charge in [0.15, 0.2) is 5.96 Å². The molecule has 0 aliphatic carbocycles. The van der Waals surface area contributed by atoms with Gasteiger partial charge in [-0.05, 0) is 64.8 Å². The standard InChI is InChI=1S/C23H35N5O/c1-3-24-23(25-14-8-10-16-28-15-9-7-11-19(28)2)26-17-21-18-29-22(27-21)20-12-5-4-6-13-20/h4-6,12-13,18-19H,3,7-11,14-17H2,1-2H3,(H2,24,25,26). The number of piperidine rings is 1. The second kappa shape index (κ2) is 11.6. The Morgan fingerprint density at radius 3 is 2.86 bits per heavy atom. The molecule has 1 aliphatic rings. The molecule has 158 valence electrons. The van der Waals surface area contributed by atoms with Gasteiger partial charge in [-0.15, -0.1) is 0 Å². The lowest BCUT2D eigenvalue weighted by molar-refractivity contribution is 0.158. The average Bonchev–Trinajstić information content (AvgIpc) is 3.23. The molecule has 3 rings (SSSR count). The Labute approximate surface area is 174 Å². The second-order valence-corrected chi connectivity index (χ2v) is 7.72. The summed E-state index contributed by atoms with van der Waals surface area (Å²) in [6.45, 7) is 9.18. The molecule has 0 radical (unpaired) electrons. The number of aliphatic imine (C=N–C) groups is 1. The van der Waals surface area contributed by atoms with Gasteiger partial charge in [0.2, 0.25) is 5.89 Å². The van der Waals surface area contributed by atoms with Crippen LogP contribution in [0.25, 0.3) is 11.5 Å². The van der Waals surface area contributed by atoms with Crippen molar-refractivity contribution in [2.45, 2.75) is 58.5 Å². The van der Waals surface area contributed by atoms with Crippen LogP contribution in [-0.4, -0.2) is 48.1 Å². The van der Waals surface area contributed by atoms with Crippen LogP contribution in [0.2, 0.25) is 0 Å². The molecule has 2 N–H and O–H groups in total. The molecular formula is C23H35N5O. The van der Waals surface area contributed by atoms with Gasteiger partial charge < -0.3 is 20.0 Å². The number of unbranched alkanes of at least 4 members (excludes halogenated alkanes) is 1. The first-order valence-electron chi connectivity index (χ1n) is 11.0. The van der Waals surface area contributed by atoms with Gasteiger partial charge in [-0.1, -0.05) is 24.6 Å². The van der Waals surface area contributed by atoms with Crippen molar-refractivity contribution >= 4 is 5.96 Å². The first-order chi connectivity index (χ1) is 14.3. The fourth-order valence-electron chi connectivity index (χ4n) is 3.73. The summed E-state index contributed by atoms with van der Waals surface area (Å²) in [7, 11) is 0. The van der Waals surface area contributed by atoms with Crippen molar-refractivity contribution in [1.29, 1.82) is 0 Å². The van der Waals surface area contributed by atoms with Crippen LogP contribution in [-0.2, 0) is 6.54 Å². The van der Waals surface area contributed by atoms with Gasteiger partial charge in [-0.25, -0.2) is 9.98 Å². The molecule has 6 heteroatoms. The molecule has 1 atom stereocenters. The van der Waals surface area contributed by atoms with Crippen molar-refractivity contribution < 1.29 is 4.42 Å². The van der Waals surface area contributed by atoms with E-state index in [0.717, 1.165) is 42.8 Å². The Bertz CT molecular complexity index is 743. The molecular weight excluding hydrogens is 362 g/mol. The van der Waals surface area contributed by atoms with Gasteiger partial charge >= 0.3 is 0 Å². The molecule has 1 saturated heterocycles. The highest BCUT2D eigenvalue weighted by Crippen LogP contribution is 2.18. The first-order valence-corrected chi connectivity index (χ1v) is 11.0. The van der Waals surface area contributed by atoms with Crippen LogP contribution in [0, 0.1) is 0 Å². The quantitative estimate of drug-likeness (QED) is 0.380. The summed E-state index contributed by atoms with van der Waals surface area (Å²) in [5, 5.41) is 6.75. The van der Waals surface area contributed by atoms with Gasteiger partial charge in [0.05, 0.1) is 6.54 Å². The van der Waals surface area contributed by atoms with Crippen LogP contribution in [0.15, 0.2) is 46.0 Å². The van der Waals surface area contributed by atoms with Crippen molar-refractivity contribution in [3.05, 3.63) is 42.3 Å². The van der Waals surface area contributed by atoms with E-state index in [-0.39, 0.29) is 0 Å². The van der Waals surface area contributed by atoms with Gasteiger partial charge in [0.1, 0.15) is 12.0 Å². The molecule has 1 unspecified atom stereocenters. The summed E-state index contributed by atoms with van der Waals surface area (Å²) < 4.78 is 5.60. The number of nitrogens with zero attached hydrogens (tertiary/aromatic N) is 3. The molecule has 1 aromatic carbocycles. The SMILES string of the molecule is CCNC(=NCc1coc(-c2ccccc2)n1)NCCCCN1CCCCC1C. The number of aromatic nitrogens is 1. The Balaban J connectivity index is 1.42. The minimum atomic E-state index is 0.497. The zero-order valence-corrected chi connectivity index (χ0v) is 17.9. The lowest BCUT2D eigenvalue weighted by Gasteiger charge is -2.33.